The standard InChI is InChI=1S/C11H15N3O/c12-11(6-2-3-7-11)10(15)14-9-5-1-4-8-13-9/h1,4-5,8H,2-3,6-7,12H2,(H,13,14,15). The number of amides is 1. The fourth-order valence-electron chi connectivity index (χ4n) is 1.91. The number of aromatic nitrogens is 1. The van der Waals surface area contributed by atoms with Crippen LogP contribution in [0.15, 0.2) is 24.4 Å². The first-order valence-corrected chi connectivity index (χ1v) is 5.22. The maximum absolute atomic E-state index is 11.9. The summed E-state index contributed by atoms with van der Waals surface area (Å²) >= 11 is 0. The summed E-state index contributed by atoms with van der Waals surface area (Å²) in [4.78, 5) is 15.9. The van der Waals surface area contributed by atoms with Crippen LogP contribution in [-0.2, 0) is 4.79 Å². The van der Waals surface area contributed by atoms with Crippen LogP contribution >= 0.6 is 0 Å². The molecule has 1 heterocycles. The van der Waals surface area contributed by atoms with Crippen molar-refractivity contribution in [2.24, 2.45) is 5.73 Å². The van der Waals surface area contributed by atoms with Crippen LogP contribution in [0.5, 0.6) is 0 Å². The minimum absolute atomic E-state index is 0.112. The molecule has 1 fully saturated rings. The molecular weight excluding hydrogens is 190 g/mol. The van der Waals surface area contributed by atoms with Crippen LogP contribution in [-0.4, -0.2) is 16.4 Å². The Labute approximate surface area is 88.9 Å². The number of carbonyl (C=O) groups is 1. The van der Waals surface area contributed by atoms with Crippen molar-refractivity contribution >= 4 is 11.7 Å². The molecule has 1 saturated carbocycles. The lowest BCUT2D eigenvalue weighted by atomic mass is 9.98. The third kappa shape index (κ3) is 2.15. The van der Waals surface area contributed by atoms with Crippen molar-refractivity contribution in [3.05, 3.63) is 24.4 Å². The molecule has 3 N–H and O–H groups in total. The Hall–Kier alpha value is -1.42. The second kappa shape index (κ2) is 3.98. The number of nitrogens with zero attached hydrogens (tertiary/aromatic N) is 1. The molecule has 0 aliphatic heterocycles. The monoisotopic (exact) mass is 205 g/mol. The van der Waals surface area contributed by atoms with E-state index in [9.17, 15) is 4.79 Å². The summed E-state index contributed by atoms with van der Waals surface area (Å²) in [5.41, 5.74) is 5.33. The average molecular weight is 205 g/mol. The molecule has 0 atom stereocenters. The van der Waals surface area contributed by atoms with E-state index >= 15 is 0 Å². The quantitative estimate of drug-likeness (QED) is 0.764. The zero-order valence-electron chi connectivity index (χ0n) is 8.57. The van der Waals surface area contributed by atoms with E-state index in [1.54, 1.807) is 12.3 Å². The van der Waals surface area contributed by atoms with Gasteiger partial charge >= 0.3 is 0 Å². The molecule has 15 heavy (non-hydrogen) atoms. The van der Waals surface area contributed by atoms with E-state index in [0.717, 1.165) is 25.7 Å². The van der Waals surface area contributed by atoms with Gasteiger partial charge in [0.1, 0.15) is 5.82 Å². The molecule has 0 unspecified atom stereocenters. The molecule has 4 heteroatoms. The van der Waals surface area contributed by atoms with Crippen LogP contribution in [0.2, 0.25) is 0 Å². The first kappa shape index (κ1) is 10.1. The minimum Gasteiger partial charge on any atom is -0.317 e. The van der Waals surface area contributed by atoms with E-state index in [2.05, 4.69) is 10.3 Å². The van der Waals surface area contributed by atoms with Gasteiger partial charge < -0.3 is 11.1 Å². The lowest BCUT2D eigenvalue weighted by Crippen LogP contribution is -2.48. The number of nitrogens with one attached hydrogen (secondary N) is 1. The molecule has 1 amide bonds. The SMILES string of the molecule is NC1(C(=O)Nc2ccccn2)CCCC1. The van der Waals surface area contributed by atoms with Gasteiger partial charge in [-0.3, -0.25) is 4.79 Å². The zero-order chi connectivity index (χ0) is 10.7. The maximum atomic E-state index is 11.9. The Morgan fingerprint density at radius 3 is 2.73 bits per heavy atom. The fraction of sp³-hybridized carbons (Fsp3) is 0.455. The predicted octanol–water partition coefficient (Wildman–Crippen LogP) is 1.29. The molecule has 4 nitrogen and oxygen atoms in total. The van der Waals surface area contributed by atoms with Gasteiger partial charge in [0.25, 0.3) is 0 Å². The van der Waals surface area contributed by atoms with E-state index in [4.69, 9.17) is 5.73 Å². The summed E-state index contributed by atoms with van der Waals surface area (Å²) in [5, 5.41) is 2.75. The molecule has 0 radical (unpaired) electrons. The van der Waals surface area contributed by atoms with E-state index in [-0.39, 0.29) is 5.91 Å². The molecule has 0 bridgehead atoms. The molecule has 1 aliphatic carbocycles. The van der Waals surface area contributed by atoms with E-state index < -0.39 is 5.54 Å². The smallest absolute Gasteiger partial charge is 0.245 e. The number of anilines is 1. The van der Waals surface area contributed by atoms with Crippen LogP contribution in [0, 0.1) is 0 Å². The highest BCUT2D eigenvalue weighted by Crippen LogP contribution is 2.28. The molecule has 1 aromatic heterocycles. The molecule has 0 aromatic carbocycles. The van der Waals surface area contributed by atoms with E-state index in [1.165, 1.54) is 0 Å². The molecule has 80 valence electrons. The zero-order valence-corrected chi connectivity index (χ0v) is 8.57. The molecule has 0 saturated heterocycles. The number of nitrogens with two attached hydrogens (primary N) is 1. The van der Waals surface area contributed by atoms with Gasteiger partial charge in [0, 0.05) is 6.20 Å². The van der Waals surface area contributed by atoms with E-state index in [0.29, 0.717) is 5.82 Å². The van der Waals surface area contributed by atoms with Crippen LogP contribution in [0.4, 0.5) is 5.82 Å². The van der Waals surface area contributed by atoms with Crippen molar-refractivity contribution in [1.29, 1.82) is 0 Å². The van der Waals surface area contributed by atoms with Gasteiger partial charge in [-0.1, -0.05) is 18.9 Å². The largest absolute Gasteiger partial charge is 0.317 e. The summed E-state index contributed by atoms with van der Waals surface area (Å²) in [7, 11) is 0. The molecule has 1 aliphatic rings. The van der Waals surface area contributed by atoms with Crippen molar-refractivity contribution < 1.29 is 4.79 Å². The topological polar surface area (TPSA) is 68.0 Å². The predicted molar refractivity (Wildman–Crippen MR) is 58.3 cm³/mol. The molecular formula is C11H15N3O. The molecule has 1 aromatic rings. The van der Waals surface area contributed by atoms with Gasteiger partial charge in [-0.15, -0.1) is 0 Å². The van der Waals surface area contributed by atoms with Crippen molar-refractivity contribution in [3.8, 4) is 0 Å². The van der Waals surface area contributed by atoms with Gasteiger partial charge in [-0.25, -0.2) is 4.98 Å². The average Bonchev–Trinajstić information content (AvgIpc) is 2.68. The van der Waals surface area contributed by atoms with Gasteiger partial charge in [0.05, 0.1) is 5.54 Å². The highest BCUT2D eigenvalue weighted by Gasteiger charge is 2.37. The molecule has 0 spiro atoms. The second-order valence-corrected chi connectivity index (χ2v) is 4.03. The Balaban J connectivity index is 2.04. The van der Waals surface area contributed by atoms with Crippen LogP contribution in [0.25, 0.3) is 0 Å². The third-order valence-electron chi connectivity index (χ3n) is 2.85. The normalized spacial score (nSPS) is 18.7. The van der Waals surface area contributed by atoms with Gasteiger partial charge in [-0.2, -0.15) is 0 Å². The summed E-state index contributed by atoms with van der Waals surface area (Å²) in [6.07, 6.45) is 5.25. The summed E-state index contributed by atoms with van der Waals surface area (Å²) in [6.45, 7) is 0. The Morgan fingerprint density at radius 2 is 2.13 bits per heavy atom. The number of hydrogen-bond acceptors (Lipinski definition) is 3. The van der Waals surface area contributed by atoms with Gasteiger partial charge in [-0.05, 0) is 25.0 Å². The Bertz CT molecular complexity index is 344. The summed E-state index contributed by atoms with van der Waals surface area (Å²) in [5.74, 6) is 0.456. The summed E-state index contributed by atoms with van der Waals surface area (Å²) in [6, 6.07) is 5.40. The number of hydrogen-bond donors (Lipinski definition) is 2. The number of rotatable bonds is 2. The number of carbonyl (C=O) groups excluding carboxylic acids is 1. The molecule has 2 rings (SSSR count). The first-order chi connectivity index (χ1) is 7.21. The third-order valence-corrected chi connectivity index (χ3v) is 2.85. The maximum Gasteiger partial charge on any atom is 0.245 e. The van der Waals surface area contributed by atoms with Crippen molar-refractivity contribution in [2.45, 2.75) is 31.2 Å². The van der Waals surface area contributed by atoms with Crippen molar-refractivity contribution in [2.75, 3.05) is 5.32 Å². The lowest BCUT2D eigenvalue weighted by molar-refractivity contribution is -0.121. The van der Waals surface area contributed by atoms with Crippen LogP contribution < -0.4 is 11.1 Å². The van der Waals surface area contributed by atoms with Gasteiger partial charge in [0.15, 0.2) is 0 Å². The second-order valence-electron chi connectivity index (χ2n) is 4.03. The van der Waals surface area contributed by atoms with Crippen molar-refractivity contribution in [3.63, 3.8) is 0 Å². The number of pyridine rings is 1. The first-order valence-electron chi connectivity index (χ1n) is 5.22. The van der Waals surface area contributed by atoms with Gasteiger partial charge in [0.2, 0.25) is 5.91 Å². The van der Waals surface area contributed by atoms with Crippen LogP contribution in [0.3, 0.4) is 0 Å². The Kier molecular flexibility index (Phi) is 2.68. The lowest BCUT2D eigenvalue weighted by Gasteiger charge is -2.21. The fourth-order valence-corrected chi connectivity index (χ4v) is 1.91. The minimum atomic E-state index is -0.683. The Morgan fingerprint density at radius 1 is 1.40 bits per heavy atom. The van der Waals surface area contributed by atoms with Crippen LogP contribution in [0.1, 0.15) is 25.7 Å². The van der Waals surface area contributed by atoms with E-state index in [1.807, 2.05) is 12.1 Å². The van der Waals surface area contributed by atoms with Crippen molar-refractivity contribution in [1.82, 2.24) is 4.98 Å². The highest BCUT2D eigenvalue weighted by molar-refractivity contribution is 5.97. The summed E-state index contributed by atoms with van der Waals surface area (Å²) < 4.78 is 0. The highest BCUT2D eigenvalue weighted by atomic mass is 16.2.